The number of anilines is 1. The van der Waals surface area contributed by atoms with Gasteiger partial charge in [-0.1, -0.05) is 26.0 Å². The van der Waals surface area contributed by atoms with Crippen molar-refractivity contribution in [2.24, 2.45) is 5.92 Å². The number of hydrogen-bond donors (Lipinski definition) is 1. The number of carbonyl (C=O) groups excluding carboxylic acids is 2. The molecule has 0 unspecified atom stereocenters. The molecule has 1 aromatic carbocycles. The van der Waals surface area contributed by atoms with E-state index in [-0.39, 0.29) is 17.6 Å². The lowest BCUT2D eigenvalue weighted by Gasteiger charge is -2.13. The summed E-state index contributed by atoms with van der Waals surface area (Å²) >= 11 is 1.26. The second-order valence-corrected chi connectivity index (χ2v) is 6.23. The van der Waals surface area contributed by atoms with Crippen LogP contribution in [0.25, 0.3) is 11.1 Å². The first kappa shape index (κ1) is 18.1. The van der Waals surface area contributed by atoms with Gasteiger partial charge in [0.05, 0.1) is 7.11 Å². The summed E-state index contributed by atoms with van der Waals surface area (Å²) < 4.78 is 18.0. The summed E-state index contributed by atoms with van der Waals surface area (Å²) in [6.45, 7) is 3.90. The molecule has 1 aromatic heterocycles. The van der Waals surface area contributed by atoms with E-state index in [1.807, 2.05) is 13.8 Å². The van der Waals surface area contributed by atoms with Crippen LogP contribution < -0.4 is 5.32 Å². The molecule has 0 fully saturated rings. The lowest BCUT2D eigenvalue weighted by molar-refractivity contribution is -0.120. The minimum Gasteiger partial charge on any atom is -0.465 e. The quantitative estimate of drug-likeness (QED) is 0.768. The van der Waals surface area contributed by atoms with E-state index in [2.05, 4.69) is 5.32 Å². The molecule has 1 heterocycles. The average molecular weight is 349 g/mol. The first-order valence-corrected chi connectivity index (χ1v) is 8.66. The van der Waals surface area contributed by atoms with Crippen LogP contribution in [-0.4, -0.2) is 19.0 Å². The number of benzene rings is 1. The van der Waals surface area contributed by atoms with Crippen LogP contribution in [-0.2, 0) is 9.53 Å². The molecule has 1 N–H and O–H groups in total. The van der Waals surface area contributed by atoms with Crippen molar-refractivity contribution in [3.05, 3.63) is 41.0 Å². The standard InChI is InChI=1S/C18H20FNO3S/c1-4-11(5-2)16(21)20-17-15(18(22)23-3)14(10-24-17)12-6-8-13(19)9-7-12/h6-11H,4-5H2,1-3H3,(H,20,21). The molecule has 24 heavy (non-hydrogen) atoms. The third-order valence-corrected chi connectivity index (χ3v) is 4.82. The fraction of sp³-hybridized carbons (Fsp3) is 0.333. The van der Waals surface area contributed by atoms with Crippen molar-refractivity contribution in [1.82, 2.24) is 0 Å². The molecule has 6 heteroatoms. The van der Waals surface area contributed by atoms with Gasteiger partial charge in [-0.2, -0.15) is 0 Å². The molecule has 1 amide bonds. The van der Waals surface area contributed by atoms with Crippen LogP contribution in [0.2, 0.25) is 0 Å². The molecule has 0 spiro atoms. The molecule has 0 saturated carbocycles. The Kier molecular flexibility index (Phi) is 6.09. The van der Waals surface area contributed by atoms with E-state index in [1.165, 1.54) is 30.6 Å². The van der Waals surface area contributed by atoms with Gasteiger partial charge in [-0.05, 0) is 30.5 Å². The van der Waals surface area contributed by atoms with E-state index in [0.29, 0.717) is 21.7 Å². The molecule has 0 saturated heterocycles. The number of halogens is 1. The maximum absolute atomic E-state index is 13.1. The van der Waals surface area contributed by atoms with E-state index in [1.54, 1.807) is 17.5 Å². The van der Waals surface area contributed by atoms with Crippen LogP contribution in [0.5, 0.6) is 0 Å². The van der Waals surface area contributed by atoms with Gasteiger partial charge in [-0.3, -0.25) is 4.79 Å². The maximum atomic E-state index is 13.1. The smallest absolute Gasteiger partial charge is 0.341 e. The normalized spacial score (nSPS) is 10.7. The second-order valence-electron chi connectivity index (χ2n) is 5.35. The molecule has 0 bridgehead atoms. The monoisotopic (exact) mass is 349 g/mol. The van der Waals surface area contributed by atoms with Crippen molar-refractivity contribution in [1.29, 1.82) is 0 Å². The summed E-state index contributed by atoms with van der Waals surface area (Å²) in [5.41, 5.74) is 1.61. The highest BCUT2D eigenvalue weighted by Crippen LogP contribution is 2.36. The van der Waals surface area contributed by atoms with Gasteiger partial charge in [0.25, 0.3) is 0 Å². The van der Waals surface area contributed by atoms with Crippen LogP contribution in [0.4, 0.5) is 9.39 Å². The summed E-state index contributed by atoms with van der Waals surface area (Å²) in [5, 5.41) is 5.06. The Balaban J connectivity index is 2.41. The zero-order chi connectivity index (χ0) is 17.7. The van der Waals surface area contributed by atoms with Gasteiger partial charge in [-0.25, -0.2) is 9.18 Å². The van der Waals surface area contributed by atoms with Crippen molar-refractivity contribution in [3.63, 3.8) is 0 Å². The Morgan fingerprint density at radius 3 is 2.38 bits per heavy atom. The Morgan fingerprint density at radius 2 is 1.83 bits per heavy atom. The fourth-order valence-corrected chi connectivity index (χ4v) is 3.43. The van der Waals surface area contributed by atoms with Crippen molar-refractivity contribution in [2.45, 2.75) is 26.7 Å². The highest BCUT2D eigenvalue weighted by molar-refractivity contribution is 7.15. The van der Waals surface area contributed by atoms with Gasteiger partial charge >= 0.3 is 5.97 Å². The lowest BCUT2D eigenvalue weighted by Crippen LogP contribution is -2.22. The summed E-state index contributed by atoms with van der Waals surface area (Å²) in [4.78, 5) is 24.5. The van der Waals surface area contributed by atoms with Crippen molar-refractivity contribution in [2.75, 3.05) is 12.4 Å². The van der Waals surface area contributed by atoms with Gasteiger partial charge < -0.3 is 10.1 Å². The van der Waals surface area contributed by atoms with Gasteiger partial charge in [0, 0.05) is 16.9 Å². The number of amides is 1. The van der Waals surface area contributed by atoms with Gasteiger partial charge in [0.1, 0.15) is 16.4 Å². The number of nitrogens with one attached hydrogen (secondary N) is 1. The first-order chi connectivity index (χ1) is 11.5. The van der Waals surface area contributed by atoms with Crippen molar-refractivity contribution in [3.8, 4) is 11.1 Å². The lowest BCUT2D eigenvalue weighted by atomic mass is 10.0. The molecule has 128 valence electrons. The maximum Gasteiger partial charge on any atom is 0.341 e. The molecule has 0 radical (unpaired) electrons. The molecule has 4 nitrogen and oxygen atoms in total. The third kappa shape index (κ3) is 3.82. The largest absolute Gasteiger partial charge is 0.465 e. The number of hydrogen-bond acceptors (Lipinski definition) is 4. The zero-order valence-electron chi connectivity index (χ0n) is 13.9. The van der Waals surface area contributed by atoms with Crippen molar-refractivity contribution < 1.29 is 18.7 Å². The average Bonchev–Trinajstić information content (AvgIpc) is 2.99. The summed E-state index contributed by atoms with van der Waals surface area (Å²) in [6, 6.07) is 5.85. The molecule has 0 aliphatic rings. The van der Waals surface area contributed by atoms with Crippen LogP contribution in [0.15, 0.2) is 29.6 Å². The second kappa shape index (κ2) is 8.06. The van der Waals surface area contributed by atoms with Crippen LogP contribution in [0, 0.1) is 11.7 Å². The van der Waals surface area contributed by atoms with Crippen molar-refractivity contribution >= 4 is 28.2 Å². The number of carbonyl (C=O) groups is 2. The van der Waals surface area contributed by atoms with Gasteiger partial charge in [0.2, 0.25) is 5.91 Å². The molecular weight excluding hydrogens is 329 g/mol. The summed E-state index contributed by atoms with van der Waals surface area (Å²) in [7, 11) is 1.29. The zero-order valence-corrected chi connectivity index (χ0v) is 14.7. The third-order valence-electron chi connectivity index (χ3n) is 3.93. The van der Waals surface area contributed by atoms with Gasteiger partial charge in [-0.15, -0.1) is 11.3 Å². The van der Waals surface area contributed by atoms with E-state index >= 15 is 0 Å². The molecule has 2 rings (SSSR count). The number of esters is 1. The molecule has 2 aromatic rings. The highest BCUT2D eigenvalue weighted by atomic mass is 32.1. The SMILES string of the molecule is CCC(CC)C(=O)Nc1scc(-c2ccc(F)cc2)c1C(=O)OC. The predicted octanol–water partition coefficient (Wildman–Crippen LogP) is 4.72. The summed E-state index contributed by atoms with van der Waals surface area (Å²) in [6.07, 6.45) is 1.46. The molecule has 0 aliphatic carbocycles. The minimum atomic E-state index is -0.532. The highest BCUT2D eigenvalue weighted by Gasteiger charge is 2.24. The first-order valence-electron chi connectivity index (χ1n) is 7.78. The Morgan fingerprint density at radius 1 is 1.21 bits per heavy atom. The van der Waals surface area contributed by atoms with E-state index in [0.717, 1.165) is 12.8 Å². The van der Waals surface area contributed by atoms with E-state index in [9.17, 15) is 14.0 Å². The van der Waals surface area contributed by atoms with E-state index < -0.39 is 5.97 Å². The van der Waals surface area contributed by atoms with Crippen LogP contribution in [0.3, 0.4) is 0 Å². The minimum absolute atomic E-state index is 0.105. The molecular formula is C18H20FNO3S. The Bertz CT molecular complexity index is 720. The predicted molar refractivity (Wildman–Crippen MR) is 93.8 cm³/mol. The van der Waals surface area contributed by atoms with Gasteiger partial charge in [0.15, 0.2) is 0 Å². The van der Waals surface area contributed by atoms with E-state index in [4.69, 9.17) is 4.74 Å². The number of ether oxygens (including phenoxy) is 1. The van der Waals surface area contributed by atoms with Crippen LogP contribution in [0.1, 0.15) is 37.0 Å². The number of rotatable bonds is 6. The topological polar surface area (TPSA) is 55.4 Å². The molecule has 0 aliphatic heterocycles. The Labute approximate surface area is 144 Å². The fourth-order valence-electron chi connectivity index (χ4n) is 2.47. The number of thiophene rings is 1. The number of methoxy groups -OCH3 is 1. The Hall–Kier alpha value is -2.21. The summed E-state index contributed by atoms with van der Waals surface area (Å²) in [5.74, 6) is -1.10. The van der Waals surface area contributed by atoms with Crippen LogP contribution >= 0.6 is 11.3 Å². The molecule has 0 atom stereocenters.